The molecule has 0 aliphatic heterocycles. The van der Waals surface area contributed by atoms with Crippen LogP contribution < -0.4 is 15.4 Å². The number of benzene rings is 1. The summed E-state index contributed by atoms with van der Waals surface area (Å²) in [6.45, 7) is 0.491. The lowest BCUT2D eigenvalue weighted by Gasteiger charge is -2.07. The van der Waals surface area contributed by atoms with Gasteiger partial charge >= 0.3 is 12.0 Å². The van der Waals surface area contributed by atoms with Crippen molar-refractivity contribution in [3.8, 4) is 5.75 Å². The minimum absolute atomic E-state index is 0.331. The van der Waals surface area contributed by atoms with Crippen LogP contribution in [-0.2, 0) is 11.2 Å². The molecule has 0 aliphatic carbocycles. The van der Waals surface area contributed by atoms with E-state index < -0.39 is 5.97 Å². The lowest BCUT2D eigenvalue weighted by molar-refractivity contribution is 0.0606. The smallest absolute Gasteiger partial charge is 0.348 e. The number of carbonyl (C=O) groups is 2. The maximum absolute atomic E-state index is 11.9. The molecule has 0 saturated carbocycles. The van der Waals surface area contributed by atoms with Gasteiger partial charge in [0.1, 0.15) is 15.6 Å². The molecule has 8 heteroatoms. The molecule has 2 N–H and O–H groups in total. The molecule has 0 bridgehead atoms. The lowest BCUT2D eigenvalue weighted by Crippen LogP contribution is -2.30. The van der Waals surface area contributed by atoms with E-state index in [0.29, 0.717) is 27.3 Å². The molecule has 6 nitrogen and oxygen atoms in total. The molecular formula is C16H17BrN2O4S. The Kier molecular flexibility index (Phi) is 6.62. The number of hydrogen-bond donors (Lipinski definition) is 2. The standard InChI is InChI=1S/C16H17BrN2O4S/c1-22-11-5-3-10(4-6-11)7-8-18-16(21)19-14-12(17)9-13(24-14)15(20)23-2/h3-6,9H,7-8H2,1-2H3,(H2,18,19,21). The van der Waals surface area contributed by atoms with E-state index in [4.69, 9.17) is 4.74 Å². The fraction of sp³-hybridized carbons (Fsp3) is 0.250. The van der Waals surface area contributed by atoms with Gasteiger partial charge in [0.2, 0.25) is 0 Å². The minimum Gasteiger partial charge on any atom is -0.497 e. The van der Waals surface area contributed by atoms with Crippen molar-refractivity contribution in [2.45, 2.75) is 6.42 Å². The predicted molar refractivity (Wildman–Crippen MR) is 97.1 cm³/mol. The van der Waals surface area contributed by atoms with E-state index in [1.54, 1.807) is 13.2 Å². The van der Waals surface area contributed by atoms with Gasteiger partial charge in [0.25, 0.3) is 0 Å². The van der Waals surface area contributed by atoms with Gasteiger partial charge in [-0.25, -0.2) is 9.59 Å². The second-order valence-corrected chi connectivity index (χ2v) is 6.66. The van der Waals surface area contributed by atoms with Crippen LogP contribution in [0.2, 0.25) is 0 Å². The molecule has 1 aromatic carbocycles. The van der Waals surface area contributed by atoms with Crippen molar-refractivity contribution < 1.29 is 19.1 Å². The highest BCUT2D eigenvalue weighted by Crippen LogP contribution is 2.32. The molecule has 2 aromatic rings. The van der Waals surface area contributed by atoms with Crippen LogP contribution in [0.5, 0.6) is 5.75 Å². The Morgan fingerprint density at radius 1 is 1.21 bits per heavy atom. The largest absolute Gasteiger partial charge is 0.497 e. The van der Waals surface area contributed by atoms with E-state index in [1.165, 1.54) is 7.11 Å². The molecule has 0 unspecified atom stereocenters. The van der Waals surface area contributed by atoms with E-state index in [9.17, 15) is 9.59 Å². The summed E-state index contributed by atoms with van der Waals surface area (Å²) in [7, 11) is 2.93. The van der Waals surface area contributed by atoms with Crippen molar-refractivity contribution in [3.63, 3.8) is 0 Å². The van der Waals surface area contributed by atoms with Crippen LogP contribution in [0.3, 0.4) is 0 Å². The van der Waals surface area contributed by atoms with Crippen molar-refractivity contribution in [1.82, 2.24) is 5.32 Å². The van der Waals surface area contributed by atoms with E-state index in [2.05, 4.69) is 31.3 Å². The first-order valence-electron chi connectivity index (χ1n) is 7.09. The zero-order valence-electron chi connectivity index (χ0n) is 13.2. The molecule has 1 heterocycles. The first-order valence-corrected chi connectivity index (χ1v) is 8.70. The molecule has 0 spiro atoms. The van der Waals surface area contributed by atoms with E-state index in [-0.39, 0.29) is 6.03 Å². The van der Waals surface area contributed by atoms with Crippen LogP contribution in [0.1, 0.15) is 15.2 Å². The topological polar surface area (TPSA) is 76.7 Å². The third kappa shape index (κ3) is 4.97. The van der Waals surface area contributed by atoms with Crippen molar-refractivity contribution in [1.29, 1.82) is 0 Å². The minimum atomic E-state index is -0.436. The molecule has 2 amide bonds. The van der Waals surface area contributed by atoms with E-state index >= 15 is 0 Å². The number of nitrogens with one attached hydrogen (secondary N) is 2. The Morgan fingerprint density at radius 2 is 1.92 bits per heavy atom. The molecule has 0 radical (unpaired) electrons. The number of amides is 2. The number of hydrogen-bond acceptors (Lipinski definition) is 5. The van der Waals surface area contributed by atoms with Gasteiger partial charge in [-0.05, 0) is 46.1 Å². The van der Waals surface area contributed by atoms with Gasteiger partial charge < -0.3 is 14.8 Å². The van der Waals surface area contributed by atoms with Crippen LogP contribution in [0.25, 0.3) is 0 Å². The summed E-state index contributed by atoms with van der Waals surface area (Å²) >= 11 is 4.46. The third-order valence-corrected chi connectivity index (χ3v) is 5.08. The zero-order chi connectivity index (χ0) is 17.5. The summed E-state index contributed by atoms with van der Waals surface area (Å²) < 4.78 is 10.4. The Bertz CT molecular complexity index is 715. The highest BCUT2D eigenvalue weighted by Gasteiger charge is 2.15. The van der Waals surface area contributed by atoms with Gasteiger partial charge in [-0.2, -0.15) is 0 Å². The lowest BCUT2D eigenvalue weighted by atomic mass is 10.1. The van der Waals surface area contributed by atoms with Gasteiger partial charge in [0, 0.05) is 6.54 Å². The quantitative estimate of drug-likeness (QED) is 0.709. The van der Waals surface area contributed by atoms with E-state index in [1.807, 2.05) is 24.3 Å². The Balaban J connectivity index is 1.82. The molecule has 2 rings (SSSR count). The van der Waals surface area contributed by atoms with Gasteiger partial charge in [0.15, 0.2) is 0 Å². The molecular weight excluding hydrogens is 396 g/mol. The highest BCUT2D eigenvalue weighted by atomic mass is 79.9. The zero-order valence-corrected chi connectivity index (χ0v) is 15.6. The summed E-state index contributed by atoms with van der Waals surface area (Å²) in [5, 5.41) is 6.04. The second kappa shape index (κ2) is 8.70. The highest BCUT2D eigenvalue weighted by molar-refractivity contribution is 9.10. The molecule has 128 valence electrons. The number of methoxy groups -OCH3 is 2. The molecule has 0 fully saturated rings. The number of thiophene rings is 1. The Morgan fingerprint density at radius 3 is 2.54 bits per heavy atom. The summed E-state index contributed by atoms with van der Waals surface area (Å²) in [4.78, 5) is 23.8. The number of esters is 1. The fourth-order valence-electron chi connectivity index (χ4n) is 1.92. The number of carbonyl (C=O) groups excluding carboxylic acids is 2. The number of halogens is 1. The van der Waals surface area contributed by atoms with Gasteiger partial charge in [0.05, 0.1) is 18.7 Å². The van der Waals surface area contributed by atoms with Gasteiger partial charge in [-0.15, -0.1) is 11.3 Å². The summed E-state index contributed by atoms with van der Waals surface area (Å²) in [6, 6.07) is 8.96. The number of urea groups is 1. The average Bonchev–Trinajstić information content (AvgIpc) is 2.95. The van der Waals surface area contributed by atoms with Gasteiger partial charge in [-0.3, -0.25) is 5.32 Å². The van der Waals surface area contributed by atoms with Crippen molar-refractivity contribution in [2.24, 2.45) is 0 Å². The first-order chi connectivity index (χ1) is 11.5. The van der Waals surface area contributed by atoms with Gasteiger partial charge in [-0.1, -0.05) is 12.1 Å². The van der Waals surface area contributed by atoms with E-state index in [0.717, 1.165) is 22.6 Å². The summed E-state index contributed by atoms with van der Waals surface area (Å²) in [5.74, 6) is 0.363. The van der Waals surface area contributed by atoms with Crippen LogP contribution in [0.15, 0.2) is 34.8 Å². The fourth-order valence-corrected chi connectivity index (χ4v) is 3.50. The van der Waals surface area contributed by atoms with Crippen LogP contribution in [-0.4, -0.2) is 32.8 Å². The third-order valence-electron chi connectivity index (χ3n) is 3.16. The molecule has 24 heavy (non-hydrogen) atoms. The van der Waals surface area contributed by atoms with Crippen molar-refractivity contribution in [3.05, 3.63) is 45.2 Å². The molecule has 0 saturated heterocycles. The predicted octanol–water partition coefficient (Wildman–Crippen LogP) is 3.67. The SMILES string of the molecule is COC(=O)c1cc(Br)c(NC(=O)NCCc2ccc(OC)cc2)s1. The van der Waals surface area contributed by atoms with Crippen molar-refractivity contribution >= 4 is 44.3 Å². The Labute approximate surface area is 152 Å². The van der Waals surface area contributed by atoms with Crippen LogP contribution in [0, 0.1) is 0 Å². The summed E-state index contributed by atoms with van der Waals surface area (Å²) in [6.07, 6.45) is 0.705. The number of ether oxygens (including phenoxy) is 2. The first kappa shape index (κ1) is 18.3. The second-order valence-electron chi connectivity index (χ2n) is 4.76. The Hall–Kier alpha value is -2.06. The average molecular weight is 413 g/mol. The number of anilines is 1. The number of rotatable bonds is 6. The molecule has 0 atom stereocenters. The monoisotopic (exact) mass is 412 g/mol. The van der Waals surface area contributed by atoms with Crippen molar-refractivity contribution in [2.75, 3.05) is 26.1 Å². The maximum atomic E-state index is 11.9. The summed E-state index contributed by atoms with van der Waals surface area (Å²) in [5.41, 5.74) is 1.10. The molecule has 0 aliphatic rings. The normalized spacial score (nSPS) is 10.1. The maximum Gasteiger partial charge on any atom is 0.348 e. The van der Waals surface area contributed by atoms with Crippen LogP contribution >= 0.6 is 27.3 Å². The molecule has 1 aromatic heterocycles. The van der Waals surface area contributed by atoms with Crippen LogP contribution in [0.4, 0.5) is 9.80 Å².